The zero-order valence-electron chi connectivity index (χ0n) is 17.8. The molecule has 34 heavy (non-hydrogen) atoms. The lowest BCUT2D eigenvalue weighted by Crippen LogP contribution is -2.49. The van der Waals surface area contributed by atoms with E-state index in [1.165, 1.54) is 11.8 Å². The minimum absolute atomic E-state index is 0.00796. The highest BCUT2D eigenvalue weighted by molar-refractivity contribution is 5.93. The summed E-state index contributed by atoms with van der Waals surface area (Å²) in [6, 6.07) is 0.312. The number of nitrogens with zero attached hydrogens (tertiary/aromatic N) is 6. The van der Waals surface area contributed by atoms with Gasteiger partial charge in [0, 0.05) is 31.4 Å². The summed E-state index contributed by atoms with van der Waals surface area (Å²) in [4.78, 5) is 28.2. The van der Waals surface area contributed by atoms with E-state index < -0.39 is 17.6 Å². The van der Waals surface area contributed by atoms with E-state index in [1.54, 1.807) is 9.80 Å². The van der Waals surface area contributed by atoms with Gasteiger partial charge < -0.3 is 9.80 Å². The molecule has 0 bridgehead atoms. The number of aromatic nitrogens is 3. The fourth-order valence-corrected chi connectivity index (χ4v) is 3.98. The normalized spacial score (nSPS) is 16.9. The molecule has 182 valence electrons. The highest BCUT2D eigenvalue weighted by Gasteiger charge is 2.40. The van der Waals surface area contributed by atoms with E-state index in [1.807, 2.05) is 0 Å². The van der Waals surface area contributed by atoms with Crippen LogP contribution in [-0.4, -0.2) is 57.3 Å². The molecule has 1 amide bonds. The number of halogens is 5. The van der Waals surface area contributed by atoms with Crippen molar-refractivity contribution in [2.45, 2.75) is 43.9 Å². The molecule has 4 rings (SSSR count). The molecule has 2 aromatic rings. The van der Waals surface area contributed by atoms with Crippen LogP contribution in [0.4, 0.5) is 33.7 Å². The summed E-state index contributed by atoms with van der Waals surface area (Å²) < 4.78 is 65.3. The van der Waals surface area contributed by atoms with Crippen molar-refractivity contribution < 1.29 is 26.8 Å². The molecule has 1 aliphatic heterocycles. The molecule has 1 saturated carbocycles. The van der Waals surface area contributed by atoms with Crippen LogP contribution in [0, 0.1) is 11.2 Å². The van der Waals surface area contributed by atoms with Gasteiger partial charge in [-0.15, -0.1) is 4.48 Å². The maximum Gasteiger partial charge on any atom is 0.417 e. The average molecular weight is 484 g/mol. The molecule has 14 heteroatoms. The van der Waals surface area contributed by atoms with Crippen LogP contribution in [-0.2, 0) is 6.18 Å². The van der Waals surface area contributed by atoms with Crippen molar-refractivity contribution >= 4 is 23.9 Å². The first-order valence-corrected chi connectivity index (χ1v) is 10.5. The van der Waals surface area contributed by atoms with Crippen LogP contribution in [0.25, 0.3) is 0 Å². The second-order valence-corrected chi connectivity index (χ2v) is 8.03. The molecule has 0 unspecified atom stereocenters. The van der Waals surface area contributed by atoms with E-state index >= 15 is 0 Å². The lowest BCUT2D eigenvalue weighted by Gasteiger charge is -2.39. The Morgan fingerprint density at radius 2 is 1.76 bits per heavy atom. The number of amides is 1. The first-order chi connectivity index (χ1) is 16.2. The Balaban J connectivity index is 1.44. The fraction of sp³-hybridized carbons (Fsp3) is 0.450. The number of rotatable bonds is 7. The van der Waals surface area contributed by atoms with Gasteiger partial charge in [-0.25, -0.2) is 24.4 Å². The summed E-state index contributed by atoms with van der Waals surface area (Å²) in [6.07, 6.45) is 1.59. The number of hydrogen-bond donors (Lipinski definition) is 2. The number of alkyl halides is 3. The smallest absolute Gasteiger partial charge is 0.354 e. The molecule has 2 fully saturated rings. The molecule has 2 N–H and O–H groups in total. The molecule has 1 aliphatic carbocycles. The summed E-state index contributed by atoms with van der Waals surface area (Å²) >= 11 is 0. The third-order valence-corrected chi connectivity index (χ3v) is 5.81. The summed E-state index contributed by atoms with van der Waals surface area (Å²) in [7, 11) is 0. The van der Waals surface area contributed by atoms with Gasteiger partial charge in [0.2, 0.25) is 0 Å². The van der Waals surface area contributed by atoms with Crippen molar-refractivity contribution in [1.82, 2.24) is 25.5 Å². The van der Waals surface area contributed by atoms with Gasteiger partial charge in [0.1, 0.15) is 12.0 Å². The summed E-state index contributed by atoms with van der Waals surface area (Å²) in [5.74, 6) is -1.53. The van der Waals surface area contributed by atoms with Crippen LogP contribution < -0.4 is 15.6 Å². The van der Waals surface area contributed by atoms with Crippen LogP contribution >= 0.6 is 0 Å². The molecule has 0 radical (unpaired) electrons. The molecule has 0 aromatic carbocycles. The summed E-state index contributed by atoms with van der Waals surface area (Å²) in [5, 5.41) is 7.78. The zero-order chi connectivity index (χ0) is 24.5. The zero-order valence-corrected chi connectivity index (χ0v) is 17.8. The van der Waals surface area contributed by atoms with Crippen LogP contribution in [0.5, 0.6) is 0 Å². The van der Waals surface area contributed by atoms with Crippen LogP contribution in [0.2, 0.25) is 0 Å². The highest BCUT2D eigenvalue weighted by atomic mass is 19.4. The van der Waals surface area contributed by atoms with E-state index in [0.29, 0.717) is 49.5 Å². The number of carbonyl (C=O) groups excluding carboxylic acids is 1. The Hall–Kier alpha value is -3.42. The lowest BCUT2D eigenvalue weighted by atomic mass is 10.0. The molecule has 3 heterocycles. The largest absolute Gasteiger partial charge is 0.417 e. The molecule has 0 spiro atoms. The topological polar surface area (TPSA) is 101 Å². The number of carbonyl (C=O) groups is 1. The van der Waals surface area contributed by atoms with Crippen molar-refractivity contribution in [2.75, 3.05) is 23.0 Å². The molecule has 2 aliphatic rings. The Labute approximate surface area is 191 Å². The van der Waals surface area contributed by atoms with E-state index in [2.05, 4.69) is 15.0 Å². The maximum absolute atomic E-state index is 14.3. The van der Waals surface area contributed by atoms with Gasteiger partial charge in [-0.2, -0.15) is 13.2 Å². The van der Waals surface area contributed by atoms with Gasteiger partial charge >= 0.3 is 6.18 Å². The summed E-state index contributed by atoms with van der Waals surface area (Å²) in [6.45, 7) is 0.634. The van der Waals surface area contributed by atoms with Crippen molar-refractivity contribution in [3.63, 3.8) is 0 Å². The van der Waals surface area contributed by atoms with Gasteiger partial charge in [0.05, 0.1) is 18.0 Å². The van der Waals surface area contributed by atoms with Crippen LogP contribution in [0.15, 0.2) is 24.7 Å². The highest BCUT2D eigenvalue weighted by Crippen LogP contribution is 2.35. The predicted molar refractivity (Wildman–Crippen MR) is 111 cm³/mol. The molecular weight excluding hydrogens is 463 g/mol. The lowest BCUT2D eigenvalue weighted by molar-refractivity contribution is -0.138. The van der Waals surface area contributed by atoms with Gasteiger partial charge in [-0.3, -0.25) is 10.2 Å². The van der Waals surface area contributed by atoms with Gasteiger partial charge in [0.15, 0.2) is 17.5 Å². The molecule has 9 nitrogen and oxygen atoms in total. The number of pyridine rings is 1. The van der Waals surface area contributed by atoms with E-state index in [4.69, 9.17) is 5.41 Å². The molecule has 0 atom stereocenters. The number of hydrazine groups is 1. The monoisotopic (exact) mass is 484 g/mol. The number of anilines is 2. The second kappa shape index (κ2) is 9.44. The van der Waals surface area contributed by atoms with Crippen molar-refractivity contribution in [1.29, 1.82) is 5.41 Å². The Bertz CT molecular complexity index is 1040. The van der Waals surface area contributed by atoms with Crippen molar-refractivity contribution in [3.05, 3.63) is 41.7 Å². The number of hydrogen-bond acceptors (Lipinski definition) is 7. The van der Waals surface area contributed by atoms with Crippen molar-refractivity contribution in [2.24, 2.45) is 0 Å². The second-order valence-electron chi connectivity index (χ2n) is 8.03. The van der Waals surface area contributed by atoms with E-state index in [0.717, 1.165) is 19.0 Å². The minimum atomic E-state index is -4.67. The van der Waals surface area contributed by atoms with Gasteiger partial charge in [-0.1, -0.05) is 5.65 Å². The number of nitrogens with one attached hydrogen (secondary N) is 2. The standard InChI is InChI=1S/C20H21F5N8O/c21-15-7-12(20(22,23)24)8-29-18(15)31-5-3-14(4-6-31)33(13-1-2-13)19(34)16-9-28-17(10-27-16)32(11-26)30-25/h7-11,13-14,26,30H,1-6H2. The average Bonchev–Trinajstić information content (AvgIpc) is 3.65. The van der Waals surface area contributed by atoms with Gasteiger partial charge in [0.25, 0.3) is 5.91 Å². The number of piperidine rings is 1. The minimum Gasteiger partial charge on any atom is -0.354 e. The van der Waals surface area contributed by atoms with Crippen molar-refractivity contribution in [3.8, 4) is 0 Å². The third kappa shape index (κ3) is 4.90. The van der Waals surface area contributed by atoms with Crippen LogP contribution in [0.1, 0.15) is 41.7 Å². The fourth-order valence-electron chi connectivity index (χ4n) is 3.98. The Kier molecular flexibility index (Phi) is 6.59. The van der Waals surface area contributed by atoms with Crippen LogP contribution in [0.3, 0.4) is 0 Å². The van der Waals surface area contributed by atoms with E-state index in [9.17, 15) is 26.8 Å². The molecule has 2 aromatic heterocycles. The predicted octanol–water partition coefficient (Wildman–Crippen LogP) is 3.11. The van der Waals surface area contributed by atoms with E-state index in [-0.39, 0.29) is 35.3 Å². The summed E-state index contributed by atoms with van der Waals surface area (Å²) in [5.41, 5.74) is 0.173. The molecule has 1 saturated heterocycles. The SMILES string of the molecule is N=CN(NF)c1cnc(C(=O)N(C2CC2)C2CCN(c3ncc(C(F)(F)F)cc3F)CC2)cn1. The Morgan fingerprint density at radius 1 is 1.09 bits per heavy atom. The quantitative estimate of drug-likeness (QED) is 0.205. The van der Waals surface area contributed by atoms with Gasteiger partial charge in [-0.05, 0) is 31.7 Å². The third-order valence-electron chi connectivity index (χ3n) is 5.81. The maximum atomic E-state index is 14.3. The Morgan fingerprint density at radius 3 is 2.26 bits per heavy atom. The first-order valence-electron chi connectivity index (χ1n) is 10.5. The molecular formula is C20H21F5N8O. The first kappa shape index (κ1) is 23.7.